The summed E-state index contributed by atoms with van der Waals surface area (Å²) in [5.74, 6) is -0.0915. The zero-order chi connectivity index (χ0) is 19.2. The minimum Gasteiger partial charge on any atom is -0.379 e. The van der Waals surface area contributed by atoms with E-state index in [1.165, 1.54) is 0 Å². The molecule has 0 radical (unpaired) electrons. The Hall–Kier alpha value is -2.96. The summed E-state index contributed by atoms with van der Waals surface area (Å²) < 4.78 is 7.40. The Balaban J connectivity index is 1.37. The minimum atomic E-state index is -0.0915. The number of benzene rings is 2. The second-order valence-electron chi connectivity index (χ2n) is 6.97. The molecular weight excluding hydrogens is 352 g/mol. The smallest absolute Gasteiger partial charge is 0.255 e. The van der Waals surface area contributed by atoms with Crippen LogP contribution in [0.2, 0.25) is 0 Å². The molecule has 3 aromatic rings. The van der Waals surface area contributed by atoms with Crippen molar-refractivity contribution in [1.29, 1.82) is 0 Å². The third-order valence-electron chi connectivity index (χ3n) is 4.84. The van der Waals surface area contributed by atoms with Gasteiger partial charge >= 0.3 is 0 Å². The number of anilines is 1. The molecule has 144 valence electrons. The first-order valence-electron chi connectivity index (χ1n) is 9.51. The molecule has 0 saturated carbocycles. The maximum absolute atomic E-state index is 12.6. The van der Waals surface area contributed by atoms with Gasteiger partial charge in [0.25, 0.3) is 5.91 Å². The predicted molar refractivity (Wildman–Crippen MR) is 108 cm³/mol. The van der Waals surface area contributed by atoms with E-state index in [1.807, 2.05) is 53.2 Å². The van der Waals surface area contributed by atoms with Crippen LogP contribution in [0.5, 0.6) is 0 Å². The number of hydrogen-bond donors (Lipinski definition) is 1. The number of morpholine rings is 1. The average Bonchev–Trinajstić information content (AvgIpc) is 3.23. The summed E-state index contributed by atoms with van der Waals surface area (Å²) in [6.45, 7) is 5.02. The first-order chi connectivity index (χ1) is 13.8. The van der Waals surface area contributed by atoms with Crippen LogP contribution in [0.4, 0.5) is 5.69 Å². The summed E-state index contributed by atoms with van der Waals surface area (Å²) >= 11 is 0. The Morgan fingerprint density at radius 1 is 1.04 bits per heavy atom. The van der Waals surface area contributed by atoms with Crippen molar-refractivity contribution in [3.63, 3.8) is 0 Å². The largest absolute Gasteiger partial charge is 0.379 e. The third-order valence-corrected chi connectivity index (χ3v) is 4.84. The molecule has 0 unspecified atom stereocenters. The Bertz CT molecular complexity index is 901. The van der Waals surface area contributed by atoms with E-state index in [-0.39, 0.29) is 5.91 Å². The van der Waals surface area contributed by atoms with Crippen molar-refractivity contribution in [2.75, 3.05) is 31.6 Å². The van der Waals surface area contributed by atoms with E-state index < -0.39 is 0 Å². The fourth-order valence-corrected chi connectivity index (χ4v) is 3.32. The van der Waals surface area contributed by atoms with Gasteiger partial charge in [-0.2, -0.15) is 0 Å². The number of nitrogens with one attached hydrogen (secondary N) is 1. The zero-order valence-electron chi connectivity index (χ0n) is 15.8. The molecule has 1 N–H and O–H groups in total. The molecule has 0 spiro atoms. The van der Waals surface area contributed by atoms with E-state index in [4.69, 9.17) is 4.74 Å². The number of aromatic nitrogens is 2. The molecule has 0 bridgehead atoms. The average molecular weight is 376 g/mol. The lowest BCUT2D eigenvalue weighted by molar-refractivity contribution is 0.0342. The molecule has 1 aliphatic rings. The van der Waals surface area contributed by atoms with E-state index in [2.05, 4.69) is 21.3 Å². The van der Waals surface area contributed by atoms with Gasteiger partial charge in [0.2, 0.25) is 0 Å². The van der Waals surface area contributed by atoms with Crippen molar-refractivity contribution in [2.24, 2.45) is 0 Å². The van der Waals surface area contributed by atoms with E-state index in [9.17, 15) is 4.79 Å². The first kappa shape index (κ1) is 18.4. The number of hydrogen-bond acceptors (Lipinski definition) is 4. The lowest BCUT2D eigenvalue weighted by atomic mass is 10.1. The molecular formula is C22H24N4O2. The third kappa shape index (κ3) is 4.85. The van der Waals surface area contributed by atoms with Gasteiger partial charge < -0.3 is 14.6 Å². The molecule has 6 heteroatoms. The molecule has 1 amide bonds. The van der Waals surface area contributed by atoms with Gasteiger partial charge in [0, 0.05) is 49.8 Å². The highest BCUT2D eigenvalue weighted by molar-refractivity contribution is 6.04. The Labute approximate surface area is 164 Å². The molecule has 2 heterocycles. The van der Waals surface area contributed by atoms with E-state index in [0.29, 0.717) is 5.56 Å². The van der Waals surface area contributed by atoms with Gasteiger partial charge in [0.15, 0.2) is 0 Å². The van der Waals surface area contributed by atoms with Crippen LogP contribution in [-0.4, -0.2) is 46.7 Å². The zero-order valence-corrected chi connectivity index (χ0v) is 15.8. The number of imidazole rings is 1. The molecule has 1 saturated heterocycles. The van der Waals surface area contributed by atoms with Crippen molar-refractivity contribution in [3.05, 3.63) is 83.9 Å². The van der Waals surface area contributed by atoms with E-state index in [0.717, 1.165) is 56.2 Å². The molecule has 0 aliphatic carbocycles. The van der Waals surface area contributed by atoms with Crippen molar-refractivity contribution in [1.82, 2.24) is 14.5 Å². The number of nitrogens with zero attached hydrogens (tertiary/aromatic N) is 3. The summed E-state index contributed by atoms with van der Waals surface area (Å²) in [6.07, 6.45) is 5.49. The van der Waals surface area contributed by atoms with Gasteiger partial charge in [-0.1, -0.05) is 24.3 Å². The summed E-state index contributed by atoms with van der Waals surface area (Å²) in [5.41, 5.74) is 3.76. The fraction of sp³-hybridized carbons (Fsp3) is 0.273. The lowest BCUT2D eigenvalue weighted by Gasteiger charge is -2.26. The Kier molecular flexibility index (Phi) is 5.80. The molecule has 1 aliphatic heterocycles. The molecule has 28 heavy (non-hydrogen) atoms. The standard InChI is InChI=1S/C22H24N4O2/c27-22(20-3-1-2-19(14-20)16-25-10-12-28-13-11-25)24-21-6-4-18(5-7-21)15-26-9-8-23-17-26/h1-9,14,17H,10-13,15-16H2,(H,24,27). The summed E-state index contributed by atoms with van der Waals surface area (Å²) in [4.78, 5) is 19.0. The van der Waals surface area contributed by atoms with Crippen LogP contribution >= 0.6 is 0 Å². The number of amides is 1. The van der Waals surface area contributed by atoms with Crippen LogP contribution in [0, 0.1) is 0 Å². The van der Waals surface area contributed by atoms with E-state index in [1.54, 1.807) is 12.5 Å². The van der Waals surface area contributed by atoms with Crippen molar-refractivity contribution < 1.29 is 9.53 Å². The molecule has 1 aromatic heterocycles. The van der Waals surface area contributed by atoms with Crippen LogP contribution < -0.4 is 5.32 Å². The monoisotopic (exact) mass is 376 g/mol. The van der Waals surface area contributed by atoms with Crippen LogP contribution in [0.25, 0.3) is 0 Å². The van der Waals surface area contributed by atoms with Crippen molar-refractivity contribution in [3.8, 4) is 0 Å². The van der Waals surface area contributed by atoms with Gasteiger partial charge in [-0.15, -0.1) is 0 Å². The second kappa shape index (κ2) is 8.82. The summed E-state index contributed by atoms with van der Waals surface area (Å²) in [7, 11) is 0. The van der Waals surface area contributed by atoms with E-state index >= 15 is 0 Å². The summed E-state index contributed by atoms with van der Waals surface area (Å²) in [6, 6.07) is 15.7. The molecule has 0 atom stereocenters. The van der Waals surface area contributed by atoms with Gasteiger partial charge in [-0.05, 0) is 35.4 Å². The highest BCUT2D eigenvalue weighted by atomic mass is 16.5. The topological polar surface area (TPSA) is 59.4 Å². The number of carbonyl (C=O) groups is 1. The maximum atomic E-state index is 12.6. The van der Waals surface area contributed by atoms with Crippen molar-refractivity contribution >= 4 is 11.6 Å². The van der Waals surface area contributed by atoms with Crippen molar-refractivity contribution in [2.45, 2.75) is 13.1 Å². The lowest BCUT2D eigenvalue weighted by Crippen LogP contribution is -2.35. The normalized spacial score (nSPS) is 14.7. The Morgan fingerprint density at radius 2 is 1.86 bits per heavy atom. The van der Waals surface area contributed by atoms with Crippen LogP contribution in [-0.2, 0) is 17.8 Å². The van der Waals surface area contributed by atoms with Crippen LogP contribution in [0.1, 0.15) is 21.5 Å². The number of carbonyl (C=O) groups excluding carboxylic acids is 1. The predicted octanol–water partition coefficient (Wildman–Crippen LogP) is 3.02. The van der Waals surface area contributed by atoms with Gasteiger partial charge in [-0.3, -0.25) is 9.69 Å². The number of rotatable bonds is 6. The maximum Gasteiger partial charge on any atom is 0.255 e. The fourth-order valence-electron chi connectivity index (χ4n) is 3.32. The SMILES string of the molecule is O=C(Nc1ccc(Cn2ccnc2)cc1)c1cccc(CN2CCOCC2)c1. The highest BCUT2D eigenvalue weighted by Gasteiger charge is 2.12. The second-order valence-corrected chi connectivity index (χ2v) is 6.97. The van der Waals surface area contributed by atoms with Crippen LogP contribution in [0.15, 0.2) is 67.3 Å². The van der Waals surface area contributed by atoms with Gasteiger partial charge in [-0.25, -0.2) is 4.98 Å². The minimum absolute atomic E-state index is 0.0915. The summed E-state index contributed by atoms with van der Waals surface area (Å²) in [5, 5.41) is 2.98. The number of ether oxygens (including phenoxy) is 1. The molecule has 6 nitrogen and oxygen atoms in total. The molecule has 2 aromatic carbocycles. The molecule has 4 rings (SSSR count). The first-order valence-corrected chi connectivity index (χ1v) is 9.51. The highest BCUT2D eigenvalue weighted by Crippen LogP contribution is 2.14. The van der Waals surface area contributed by atoms with Gasteiger partial charge in [0.1, 0.15) is 0 Å². The molecule has 1 fully saturated rings. The van der Waals surface area contributed by atoms with Gasteiger partial charge in [0.05, 0.1) is 19.5 Å². The Morgan fingerprint density at radius 3 is 2.61 bits per heavy atom. The quantitative estimate of drug-likeness (QED) is 0.718. The van der Waals surface area contributed by atoms with Crippen LogP contribution in [0.3, 0.4) is 0 Å².